The number of hydrogen-bond donors (Lipinski definition) is 2. The molecule has 6 heteroatoms. The van der Waals surface area contributed by atoms with Gasteiger partial charge in [-0.3, -0.25) is 10.1 Å². The first-order chi connectivity index (χ1) is 9.89. The van der Waals surface area contributed by atoms with Crippen LogP contribution in [0.25, 0.3) is 0 Å². The number of nitrogens with zero attached hydrogens (tertiary/aromatic N) is 1. The van der Waals surface area contributed by atoms with Gasteiger partial charge in [-0.2, -0.15) is 0 Å². The second-order valence-corrected chi connectivity index (χ2v) is 6.92. The fraction of sp³-hybridized carbons (Fsp3) is 0.600. The molecular formula is C15H21BrN2O3. The summed E-state index contributed by atoms with van der Waals surface area (Å²) in [5.74, 6) is 0.566. The zero-order chi connectivity index (χ0) is 15.5. The van der Waals surface area contributed by atoms with Crippen LogP contribution in [0.5, 0.6) is 0 Å². The van der Waals surface area contributed by atoms with Crippen molar-refractivity contribution in [3.8, 4) is 0 Å². The van der Waals surface area contributed by atoms with Crippen molar-refractivity contribution in [2.45, 2.75) is 44.8 Å². The molecule has 1 aliphatic carbocycles. The van der Waals surface area contributed by atoms with E-state index in [2.05, 4.69) is 28.2 Å². The number of benzene rings is 1. The molecule has 116 valence electrons. The fourth-order valence-corrected chi connectivity index (χ4v) is 3.52. The van der Waals surface area contributed by atoms with E-state index in [1.165, 1.54) is 18.6 Å². The van der Waals surface area contributed by atoms with Gasteiger partial charge in [-0.05, 0) is 30.4 Å². The van der Waals surface area contributed by atoms with E-state index in [0.29, 0.717) is 23.5 Å². The number of halogens is 1. The molecule has 2 N–H and O–H groups in total. The van der Waals surface area contributed by atoms with Crippen LogP contribution in [0.4, 0.5) is 5.69 Å². The second-order valence-electron chi connectivity index (χ2n) is 6.06. The fourth-order valence-electron chi connectivity index (χ4n) is 3.02. The van der Waals surface area contributed by atoms with Crippen molar-refractivity contribution < 1.29 is 10.0 Å². The molecule has 0 aromatic heterocycles. The van der Waals surface area contributed by atoms with Gasteiger partial charge in [-0.25, -0.2) is 0 Å². The number of rotatable bonds is 5. The number of hydrogen-bond acceptors (Lipinski definition) is 4. The maximum Gasteiger partial charge on any atom is 0.270 e. The van der Waals surface area contributed by atoms with Crippen LogP contribution in [0.15, 0.2) is 22.7 Å². The first-order valence-electron chi connectivity index (χ1n) is 7.25. The summed E-state index contributed by atoms with van der Waals surface area (Å²) < 4.78 is 0.716. The molecular weight excluding hydrogens is 336 g/mol. The Balaban J connectivity index is 1.90. The Labute approximate surface area is 133 Å². The predicted octanol–water partition coefficient (Wildman–Crippen LogP) is 3.39. The highest BCUT2D eigenvalue weighted by Gasteiger charge is 2.32. The third-order valence-corrected chi connectivity index (χ3v) is 4.82. The van der Waals surface area contributed by atoms with E-state index in [0.717, 1.165) is 24.8 Å². The number of nitro groups is 1. The highest BCUT2D eigenvalue weighted by atomic mass is 79.9. The van der Waals surface area contributed by atoms with E-state index in [1.54, 1.807) is 6.07 Å². The average Bonchev–Trinajstić information content (AvgIpc) is 2.40. The van der Waals surface area contributed by atoms with Gasteiger partial charge >= 0.3 is 0 Å². The van der Waals surface area contributed by atoms with Crippen molar-refractivity contribution in [2.75, 3.05) is 6.54 Å². The molecule has 2 unspecified atom stereocenters. The summed E-state index contributed by atoms with van der Waals surface area (Å²) in [5, 5.41) is 24.5. The van der Waals surface area contributed by atoms with Gasteiger partial charge in [-0.1, -0.05) is 35.7 Å². The van der Waals surface area contributed by atoms with Gasteiger partial charge in [0, 0.05) is 29.7 Å². The molecule has 2 rings (SSSR count). The lowest BCUT2D eigenvalue weighted by Gasteiger charge is -2.35. The van der Waals surface area contributed by atoms with Crippen LogP contribution in [0, 0.1) is 16.0 Å². The highest BCUT2D eigenvalue weighted by molar-refractivity contribution is 9.10. The van der Waals surface area contributed by atoms with Gasteiger partial charge in [0.25, 0.3) is 5.69 Å². The Morgan fingerprint density at radius 1 is 1.57 bits per heavy atom. The Kier molecular flexibility index (Phi) is 5.35. The van der Waals surface area contributed by atoms with Crippen molar-refractivity contribution in [3.63, 3.8) is 0 Å². The quantitative estimate of drug-likeness (QED) is 0.626. The van der Waals surface area contributed by atoms with E-state index in [9.17, 15) is 15.2 Å². The topological polar surface area (TPSA) is 75.4 Å². The van der Waals surface area contributed by atoms with E-state index in [-0.39, 0.29) is 5.69 Å². The monoisotopic (exact) mass is 356 g/mol. The third-order valence-electron chi connectivity index (χ3n) is 4.08. The predicted molar refractivity (Wildman–Crippen MR) is 85.1 cm³/mol. The largest absolute Gasteiger partial charge is 0.389 e. The van der Waals surface area contributed by atoms with Crippen LogP contribution in [-0.2, 0) is 6.54 Å². The number of nitrogens with one attached hydrogen (secondary N) is 1. The van der Waals surface area contributed by atoms with E-state index >= 15 is 0 Å². The first-order valence-corrected chi connectivity index (χ1v) is 8.05. The van der Waals surface area contributed by atoms with Crippen LogP contribution in [0.2, 0.25) is 0 Å². The molecule has 0 saturated heterocycles. The Morgan fingerprint density at radius 2 is 2.33 bits per heavy atom. The van der Waals surface area contributed by atoms with Crippen molar-refractivity contribution in [1.82, 2.24) is 5.32 Å². The van der Waals surface area contributed by atoms with Crippen molar-refractivity contribution in [3.05, 3.63) is 38.3 Å². The lowest BCUT2D eigenvalue weighted by Crippen LogP contribution is -2.43. The number of non-ortho nitro benzene ring substituents is 1. The molecule has 0 bridgehead atoms. The molecule has 0 radical (unpaired) electrons. The van der Waals surface area contributed by atoms with Gasteiger partial charge in [-0.15, -0.1) is 0 Å². The Bertz CT molecular complexity index is 524. The molecule has 1 aromatic rings. The summed E-state index contributed by atoms with van der Waals surface area (Å²) in [6.45, 7) is 3.31. The first kappa shape index (κ1) is 16.4. The SMILES string of the molecule is CC1CCCC(O)(CNCc2ccc([N+](=O)[O-])cc2Br)C1. The lowest BCUT2D eigenvalue weighted by molar-refractivity contribution is -0.384. The van der Waals surface area contributed by atoms with Gasteiger partial charge in [0.05, 0.1) is 10.5 Å². The second kappa shape index (κ2) is 6.85. The molecule has 0 aliphatic heterocycles. The van der Waals surface area contributed by atoms with Crippen molar-refractivity contribution in [1.29, 1.82) is 0 Å². The molecule has 1 aliphatic rings. The average molecular weight is 357 g/mol. The minimum atomic E-state index is -0.620. The van der Waals surface area contributed by atoms with E-state index < -0.39 is 10.5 Å². The molecule has 1 aromatic carbocycles. The van der Waals surface area contributed by atoms with Crippen LogP contribution < -0.4 is 5.32 Å². The van der Waals surface area contributed by atoms with Gasteiger partial charge in [0.2, 0.25) is 0 Å². The van der Waals surface area contributed by atoms with Gasteiger partial charge in [0.1, 0.15) is 0 Å². The van der Waals surface area contributed by atoms with Crippen LogP contribution >= 0.6 is 15.9 Å². The molecule has 0 amide bonds. The highest BCUT2D eigenvalue weighted by Crippen LogP contribution is 2.31. The minimum Gasteiger partial charge on any atom is -0.389 e. The summed E-state index contributed by atoms with van der Waals surface area (Å²) in [5.41, 5.74) is 0.406. The van der Waals surface area contributed by atoms with Gasteiger partial charge in [0.15, 0.2) is 0 Å². The molecule has 1 fully saturated rings. The Morgan fingerprint density at radius 3 is 2.95 bits per heavy atom. The zero-order valence-corrected chi connectivity index (χ0v) is 13.7. The number of nitro benzene ring substituents is 1. The van der Waals surface area contributed by atoms with Crippen LogP contribution in [-0.4, -0.2) is 22.2 Å². The molecule has 21 heavy (non-hydrogen) atoms. The van der Waals surface area contributed by atoms with E-state index in [4.69, 9.17) is 0 Å². The maximum atomic E-state index is 10.7. The van der Waals surface area contributed by atoms with Crippen molar-refractivity contribution >= 4 is 21.6 Å². The van der Waals surface area contributed by atoms with Crippen LogP contribution in [0.1, 0.15) is 38.2 Å². The summed E-state index contributed by atoms with van der Waals surface area (Å²) in [7, 11) is 0. The Hall–Kier alpha value is -0.980. The van der Waals surface area contributed by atoms with E-state index in [1.807, 2.05) is 0 Å². The normalized spacial score (nSPS) is 25.8. The standard InChI is InChI=1S/C15H21BrN2O3/c1-11-3-2-6-15(19,8-11)10-17-9-12-4-5-13(18(20)21)7-14(12)16/h4-5,7,11,17,19H,2-3,6,8-10H2,1H3. The van der Waals surface area contributed by atoms with Gasteiger partial charge < -0.3 is 10.4 Å². The lowest BCUT2D eigenvalue weighted by atomic mass is 9.79. The molecule has 1 saturated carbocycles. The summed E-state index contributed by atoms with van der Waals surface area (Å²) >= 11 is 3.36. The summed E-state index contributed by atoms with van der Waals surface area (Å²) in [4.78, 5) is 10.3. The smallest absolute Gasteiger partial charge is 0.270 e. The van der Waals surface area contributed by atoms with Crippen molar-refractivity contribution in [2.24, 2.45) is 5.92 Å². The maximum absolute atomic E-state index is 10.7. The number of aliphatic hydroxyl groups is 1. The zero-order valence-electron chi connectivity index (χ0n) is 12.1. The van der Waals surface area contributed by atoms with Crippen LogP contribution in [0.3, 0.4) is 0 Å². The molecule has 0 spiro atoms. The molecule has 0 heterocycles. The third kappa shape index (κ3) is 4.49. The molecule has 2 atom stereocenters. The molecule has 5 nitrogen and oxygen atoms in total. The summed E-state index contributed by atoms with van der Waals surface area (Å²) in [6, 6.07) is 4.75. The minimum absolute atomic E-state index is 0.0744. The summed E-state index contributed by atoms with van der Waals surface area (Å²) in [6.07, 6.45) is 3.93.